The molecule has 0 aromatic heterocycles. The molecule has 1 atom stereocenters. The number of thioether (sulfide) groups is 1. The Bertz CT molecular complexity index is 1070. The van der Waals surface area contributed by atoms with E-state index in [2.05, 4.69) is 26.6 Å². The molecule has 0 bridgehead atoms. The molecule has 0 fully saturated rings. The first kappa shape index (κ1) is 22.1. The Kier molecular flexibility index (Phi) is 7.29. The third kappa shape index (κ3) is 5.70. The van der Waals surface area contributed by atoms with Crippen molar-refractivity contribution in [1.29, 1.82) is 0 Å². The number of halogens is 2. The zero-order chi connectivity index (χ0) is 21.7. The lowest BCUT2D eigenvalue weighted by molar-refractivity contribution is -0.115. The van der Waals surface area contributed by atoms with E-state index in [0.29, 0.717) is 15.7 Å². The van der Waals surface area contributed by atoms with E-state index in [9.17, 15) is 14.0 Å². The molecule has 7 heteroatoms. The van der Waals surface area contributed by atoms with Crippen LogP contribution in [0.2, 0.25) is 0 Å². The Morgan fingerprint density at radius 1 is 1.00 bits per heavy atom. The fourth-order valence-electron chi connectivity index (χ4n) is 2.73. The Hall–Kier alpha value is -2.64. The molecule has 0 saturated heterocycles. The van der Waals surface area contributed by atoms with E-state index in [1.54, 1.807) is 31.2 Å². The van der Waals surface area contributed by atoms with Gasteiger partial charge in [-0.25, -0.2) is 4.39 Å². The van der Waals surface area contributed by atoms with Crippen LogP contribution in [0.3, 0.4) is 0 Å². The van der Waals surface area contributed by atoms with E-state index in [4.69, 9.17) is 0 Å². The van der Waals surface area contributed by atoms with Crippen LogP contribution in [0.5, 0.6) is 0 Å². The molecule has 2 amide bonds. The second-order valence-electron chi connectivity index (χ2n) is 6.67. The average Bonchev–Trinajstić information content (AvgIpc) is 2.71. The highest BCUT2D eigenvalue weighted by molar-refractivity contribution is 9.10. The van der Waals surface area contributed by atoms with Crippen LogP contribution in [0, 0.1) is 12.7 Å². The Labute approximate surface area is 187 Å². The van der Waals surface area contributed by atoms with Crippen molar-refractivity contribution in [1.82, 2.24) is 0 Å². The van der Waals surface area contributed by atoms with Crippen molar-refractivity contribution in [3.8, 4) is 0 Å². The summed E-state index contributed by atoms with van der Waals surface area (Å²) in [5, 5.41) is 5.05. The largest absolute Gasteiger partial charge is 0.323 e. The number of aryl methyl sites for hydroxylation is 1. The highest BCUT2D eigenvalue weighted by Gasteiger charge is 2.16. The highest BCUT2D eigenvalue weighted by Crippen LogP contribution is 2.27. The first-order valence-electron chi connectivity index (χ1n) is 9.23. The van der Waals surface area contributed by atoms with Gasteiger partial charge < -0.3 is 10.6 Å². The van der Waals surface area contributed by atoms with Crippen LogP contribution < -0.4 is 10.6 Å². The van der Waals surface area contributed by atoms with Crippen molar-refractivity contribution >= 4 is 50.9 Å². The summed E-state index contributed by atoms with van der Waals surface area (Å²) in [4.78, 5) is 25.7. The first-order chi connectivity index (χ1) is 14.3. The number of amides is 2. The molecule has 0 aliphatic carbocycles. The van der Waals surface area contributed by atoms with Crippen molar-refractivity contribution in [2.24, 2.45) is 0 Å². The maximum Gasteiger partial charge on any atom is 0.255 e. The molecule has 0 radical (unpaired) electrons. The van der Waals surface area contributed by atoms with Crippen LogP contribution in [0.25, 0.3) is 0 Å². The fourth-order valence-corrected chi connectivity index (χ4v) is 3.93. The van der Waals surface area contributed by atoms with Crippen LogP contribution in [-0.4, -0.2) is 17.1 Å². The zero-order valence-electron chi connectivity index (χ0n) is 16.4. The molecule has 4 nitrogen and oxygen atoms in total. The standard InChI is InChI=1S/C23H20BrFN2O2S/c1-14-5-3-4-6-19(14)23(29)26-17-8-10-18(11-9-17)30-15(2)22(28)27-21-12-7-16(24)13-20(21)25/h3-13,15H,1-2H3,(H,26,29)(H,27,28). The van der Waals surface area contributed by atoms with Gasteiger partial charge in [-0.1, -0.05) is 34.1 Å². The van der Waals surface area contributed by atoms with Gasteiger partial charge in [0.05, 0.1) is 10.9 Å². The van der Waals surface area contributed by atoms with Gasteiger partial charge in [0.25, 0.3) is 5.91 Å². The average molecular weight is 487 g/mol. The molecular formula is C23H20BrFN2O2S. The topological polar surface area (TPSA) is 58.2 Å². The Balaban J connectivity index is 1.58. The number of carbonyl (C=O) groups is 2. The SMILES string of the molecule is Cc1ccccc1C(=O)Nc1ccc(SC(C)C(=O)Nc2ccc(Br)cc2F)cc1. The summed E-state index contributed by atoms with van der Waals surface area (Å²) in [6.45, 7) is 3.64. The number of anilines is 2. The maximum absolute atomic E-state index is 13.9. The predicted octanol–water partition coefficient (Wildman–Crippen LogP) is 6.27. The molecule has 3 aromatic carbocycles. The van der Waals surface area contributed by atoms with Gasteiger partial charge in [-0.2, -0.15) is 0 Å². The number of carbonyl (C=O) groups excluding carboxylic acids is 2. The second kappa shape index (κ2) is 9.91. The lowest BCUT2D eigenvalue weighted by atomic mass is 10.1. The fraction of sp³-hybridized carbons (Fsp3) is 0.130. The third-order valence-electron chi connectivity index (χ3n) is 4.37. The van der Waals surface area contributed by atoms with Crippen LogP contribution in [0.4, 0.5) is 15.8 Å². The minimum atomic E-state index is -0.497. The van der Waals surface area contributed by atoms with Crippen LogP contribution >= 0.6 is 27.7 Å². The minimum absolute atomic E-state index is 0.143. The third-order valence-corrected chi connectivity index (χ3v) is 5.98. The summed E-state index contributed by atoms with van der Waals surface area (Å²) in [7, 11) is 0. The number of hydrogen-bond acceptors (Lipinski definition) is 3. The number of benzene rings is 3. The lowest BCUT2D eigenvalue weighted by Crippen LogP contribution is -2.22. The van der Waals surface area contributed by atoms with E-state index in [1.807, 2.05) is 37.3 Å². The van der Waals surface area contributed by atoms with Gasteiger partial charge in [0.2, 0.25) is 5.91 Å². The summed E-state index contributed by atoms with van der Waals surface area (Å²) < 4.78 is 14.5. The molecule has 1 unspecified atom stereocenters. The molecule has 3 aromatic rings. The van der Waals surface area contributed by atoms with Gasteiger partial charge in [0.15, 0.2) is 0 Å². The van der Waals surface area contributed by atoms with Crippen LogP contribution in [0.15, 0.2) is 76.1 Å². The van der Waals surface area contributed by atoms with Crippen molar-refractivity contribution in [2.75, 3.05) is 10.6 Å². The summed E-state index contributed by atoms with van der Waals surface area (Å²) in [5.41, 5.74) is 2.34. The molecule has 0 aliphatic heterocycles. The zero-order valence-corrected chi connectivity index (χ0v) is 18.8. The predicted molar refractivity (Wildman–Crippen MR) is 124 cm³/mol. The molecule has 2 N–H and O–H groups in total. The van der Waals surface area contributed by atoms with E-state index in [0.717, 1.165) is 10.5 Å². The molecule has 0 saturated carbocycles. The number of rotatable bonds is 6. The summed E-state index contributed by atoms with van der Waals surface area (Å²) in [6.07, 6.45) is 0. The smallest absolute Gasteiger partial charge is 0.255 e. The minimum Gasteiger partial charge on any atom is -0.323 e. The van der Waals surface area contributed by atoms with E-state index >= 15 is 0 Å². The lowest BCUT2D eigenvalue weighted by Gasteiger charge is -2.13. The second-order valence-corrected chi connectivity index (χ2v) is 9.00. The monoisotopic (exact) mass is 486 g/mol. The molecule has 0 heterocycles. The molecule has 3 rings (SSSR count). The van der Waals surface area contributed by atoms with Crippen molar-refractivity contribution in [3.63, 3.8) is 0 Å². The van der Waals surface area contributed by atoms with Crippen molar-refractivity contribution in [2.45, 2.75) is 24.0 Å². The maximum atomic E-state index is 13.9. The number of nitrogens with one attached hydrogen (secondary N) is 2. The molecule has 154 valence electrons. The van der Waals surface area contributed by atoms with Gasteiger partial charge in [0, 0.05) is 20.6 Å². The quantitative estimate of drug-likeness (QED) is 0.403. The first-order valence-corrected chi connectivity index (χ1v) is 10.9. The van der Waals surface area contributed by atoms with Crippen LogP contribution in [0.1, 0.15) is 22.8 Å². The van der Waals surface area contributed by atoms with E-state index < -0.39 is 11.1 Å². The summed E-state index contributed by atoms with van der Waals surface area (Å²) >= 11 is 4.54. The molecule has 0 spiro atoms. The number of hydrogen-bond donors (Lipinski definition) is 2. The molecule has 0 aliphatic rings. The molecular weight excluding hydrogens is 467 g/mol. The van der Waals surface area contributed by atoms with Gasteiger partial charge in [-0.05, 0) is 67.9 Å². The highest BCUT2D eigenvalue weighted by atomic mass is 79.9. The van der Waals surface area contributed by atoms with E-state index in [-0.39, 0.29) is 17.5 Å². The van der Waals surface area contributed by atoms with Crippen molar-refractivity contribution < 1.29 is 14.0 Å². The van der Waals surface area contributed by atoms with Crippen LogP contribution in [-0.2, 0) is 4.79 Å². The van der Waals surface area contributed by atoms with Gasteiger partial charge in [-0.15, -0.1) is 11.8 Å². The summed E-state index contributed by atoms with van der Waals surface area (Å²) in [6, 6.07) is 19.1. The Morgan fingerprint density at radius 3 is 2.37 bits per heavy atom. The summed E-state index contributed by atoms with van der Waals surface area (Å²) in [5.74, 6) is -0.959. The van der Waals surface area contributed by atoms with Gasteiger partial charge >= 0.3 is 0 Å². The normalized spacial score (nSPS) is 11.6. The van der Waals surface area contributed by atoms with Gasteiger partial charge in [0.1, 0.15) is 5.82 Å². The Morgan fingerprint density at radius 2 is 1.70 bits per heavy atom. The van der Waals surface area contributed by atoms with Gasteiger partial charge in [-0.3, -0.25) is 9.59 Å². The van der Waals surface area contributed by atoms with Crippen molar-refractivity contribution in [3.05, 3.63) is 88.1 Å². The van der Waals surface area contributed by atoms with E-state index in [1.165, 1.54) is 23.9 Å². The molecule has 30 heavy (non-hydrogen) atoms.